The number of aromatic amines is 1. The van der Waals surface area contributed by atoms with Crippen LogP contribution in [0.4, 0.5) is 0 Å². The maximum atomic E-state index is 4.07. The van der Waals surface area contributed by atoms with Crippen LogP contribution >= 0.6 is 0 Å². The number of hydrogen-bond acceptors (Lipinski definition) is 3. The van der Waals surface area contributed by atoms with Crippen LogP contribution in [0.15, 0.2) is 36.9 Å². The van der Waals surface area contributed by atoms with E-state index in [4.69, 9.17) is 0 Å². The predicted molar refractivity (Wildman–Crippen MR) is 96.5 cm³/mol. The van der Waals surface area contributed by atoms with Gasteiger partial charge in [0.25, 0.3) is 0 Å². The van der Waals surface area contributed by atoms with Crippen LogP contribution in [0.25, 0.3) is 23.1 Å². The van der Waals surface area contributed by atoms with Crippen molar-refractivity contribution in [3.63, 3.8) is 0 Å². The Hall–Kier alpha value is -2.46. The molecule has 120 valence electrons. The first-order valence-electron chi connectivity index (χ1n) is 8.67. The lowest BCUT2D eigenvalue weighted by molar-refractivity contribution is 0.220. The number of rotatable bonds is 2. The molecule has 0 amide bonds. The lowest BCUT2D eigenvalue weighted by Gasteiger charge is -2.26. The molecule has 0 saturated carbocycles. The van der Waals surface area contributed by atoms with Crippen molar-refractivity contribution in [3.8, 4) is 0 Å². The average Bonchev–Trinajstić information content (AvgIpc) is 2.81. The minimum atomic E-state index is 0.700. The molecule has 1 saturated heterocycles. The van der Waals surface area contributed by atoms with Gasteiger partial charge in [0.05, 0.1) is 5.52 Å². The summed E-state index contributed by atoms with van der Waals surface area (Å²) in [6.45, 7) is 3.57. The zero-order valence-corrected chi connectivity index (χ0v) is 13.6. The van der Waals surface area contributed by atoms with Crippen LogP contribution in [-0.4, -0.2) is 32.9 Å². The van der Waals surface area contributed by atoms with Crippen molar-refractivity contribution in [3.05, 3.63) is 59.3 Å². The van der Waals surface area contributed by atoms with Gasteiger partial charge in [-0.1, -0.05) is 30.4 Å². The first-order chi connectivity index (χ1) is 11.9. The smallest absolute Gasteiger partial charge is 0.115 e. The zero-order chi connectivity index (χ0) is 15.9. The van der Waals surface area contributed by atoms with Crippen molar-refractivity contribution >= 4 is 23.1 Å². The third kappa shape index (κ3) is 2.26. The molecule has 0 unspecified atom stereocenters. The quantitative estimate of drug-likeness (QED) is 0.781. The molecule has 1 N–H and O–H groups in total. The lowest BCUT2D eigenvalue weighted by Crippen LogP contribution is -2.29. The van der Waals surface area contributed by atoms with Gasteiger partial charge >= 0.3 is 0 Å². The van der Waals surface area contributed by atoms with Crippen molar-refractivity contribution in [2.45, 2.75) is 25.3 Å². The number of nitrogens with one attached hydrogen (secondary N) is 1. The van der Waals surface area contributed by atoms with E-state index in [9.17, 15) is 0 Å². The molecule has 24 heavy (non-hydrogen) atoms. The van der Waals surface area contributed by atoms with Gasteiger partial charge in [0.15, 0.2) is 0 Å². The molecule has 5 heterocycles. The van der Waals surface area contributed by atoms with Gasteiger partial charge in [0, 0.05) is 41.5 Å². The summed E-state index contributed by atoms with van der Waals surface area (Å²) in [5.41, 5.74) is 6.52. The van der Waals surface area contributed by atoms with Gasteiger partial charge in [0.2, 0.25) is 0 Å². The number of piperidine rings is 1. The molecule has 4 nitrogen and oxygen atoms in total. The first-order valence-corrected chi connectivity index (χ1v) is 8.67. The lowest BCUT2D eigenvalue weighted by atomic mass is 9.94. The molecule has 3 aliphatic rings. The predicted octanol–water partition coefficient (Wildman–Crippen LogP) is 3.82. The van der Waals surface area contributed by atoms with E-state index in [-0.39, 0.29) is 0 Å². The number of hydrogen-bond donors (Lipinski definition) is 1. The van der Waals surface area contributed by atoms with Crippen molar-refractivity contribution in [1.82, 2.24) is 19.9 Å². The van der Waals surface area contributed by atoms with Gasteiger partial charge < -0.3 is 4.98 Å². The Kier molecular flexibility index (Phi) is 3.23. The largest absolute Gasteiger partial charge is 0.357 e. The Bertz CT molecular complexity index is 902. The van der Waals surface area contributed by atoms with E-state index in [0.29, 0.717) is 5.92 Å². The molecule has 3 aliphatic heterocycles. The van der Waals surface area contributed by atoms with E-state index in [1.54, 1.807) is 6.33 Å². The monoisotopic (exact) mass is 316 g/mol. The summed E-state index contributed by atoms with van der Waals surface area (Å²) in [5.74, 6) is 0.700. The van der Waals surface area contributed by atoms with E-state index >= 15 is 0 Å². The molecule has 4 heteroatoms. The highest BCUT2D eigenvalue weighted by Gasteiger charge is 2.30. The molecule has 0 radical (unpaired) electrons. The van der Waals surface area contributed by atoms with E-state index < -0.39 is 0 Å². The highest BCUT2D eigenvalue weighted by molar-refractivity contribution is 5.93. The molecular weight excluding hydrogens is 296 g/mol. The van der Waals surface area contributed by atoms with E-state index in [1.807, 2.05) is 12.4 Å². The third-order valence-corrected chi connectivity index (χ3v) is 5.42. The van der Waals surface area contributed by atoms with E-state index in [0.717, 1.165) is 12.1 Å². The van der Waals surface area contributed by atoms with Crippen molar-refractivity contribution < 1.29 is 0 Å². The number of benzene rings is 1. The summed E-state index contributed by atoms with van der Waals surface area (Å²) in [7, 11) is 0. The van der Waals surface area contributed by atoms with Crippen LogP contribution in [0.2, 0.25) is 0 Å². The highest BCUT2D eigenvalue weighted by Crippen LogP contribution is 2.39. The Balaban J connectivity index is 1.61. The van der Waals surface area contributed by atoms with Gasteiger partial charge in [-0.2, -0.15) is 0 Å². The number of nitrogens with zero attached hydrogens (tertiary/aromatic N) is 3. The number of para-hydroxylation sites is 1. The summed E-state index contributed by atoms with van der Waals surface area (Å²) in [6, 6.07) is 6.61. The van der Waals surface area contributed by atoms with Crippen LogP contribution in [-0.2, 0) is 6.54 Å². The SMILES string of the molecule is C(=Cc1cccc2c3c([nH]c12)C1CCN(CC1)C3)c1cncnc1. The summed E-state index contributed by atoms with van der Waals surface area (Å²) in [4.78, 5) is 14.5. The summed E-state index contributed by atoms with van der Waals surface area (Å²) in [6.07, 6.45) is 12.0. The van der Waals surface area contributed by atoms with Crippen molar-refractivity contribution in [2.24, 2.45) is 0 Å². The average molecular weight is 316 g/mol. The van der Waals surface area contributed by atoms with Crippen LogP contribution in [0.3, 0.4) is 0 Å². The topological polar surface area (TPSA) is 44.8 Å². The second-order valence-electron chi connectivity index (χ2n) is 6.84. The van der Waals surface area contributed by atoms with Crippen molar-refractivity contribution in [1.29, 1.82) is 0 Å². The molecule has 2 aromatic heterocycles. The number of aromatic nitrogens is 3. The summed E-state index contributed by atoms with van der Waals surface area (Å²) in [5, 5.41) is 1.38. The third-order valence-electron chi connectivity index (χ3n) is 5.42. The Morgan fingerprint density at radius 1 is 1.08 bits per heavy atom. The van der Waals surface area contributed by atoms with Crippen molar-refractivity contribution in [2.75, 3.05) is 13.1 Å². The fourth-order valence-corrected chi connectivity index (χ4v) is 4.16. The first kappa shape index (κ1) is 13.9. The molecule has 0 atom stereocenters. The van der Waals surface area contributed by atoms with Gasteiger partial charge in [-0.05, 0) is 37.1 Å². The summed E-state index contributed by atoms with van der Waals surface area (Å²) < 4.78 is 0. The molecule has 1 aromatic carbocycles. The highest BCUT2D eigenvalue weighted by atomic mass is 15.1. The molecule has 2 bridgehead atoms. The second kappa shape index (κ2) is 5.56. The minimum Gasteiger partial charge on any atom is -0.357 e. The normalized spacial score (nSPS) is 22.8. The Morgan fingerprint density at radius 3 is 2.75 bits per heavy atom. The molecule has 1 fully saturated rings. The number of H-pyrrole nitrogens is 1. The van der Waals surface area contributed by atoms with Gasteiger partial charge in [-0.3, -0.25) is 4.90 Å². The Morgan fingerprint density at radius 2 is 1.92 bits per heavy atom. The zero-order valence-electron chi connectivity index (χ0n) is 13.6. The number of fused-ring (bicyclic) bond motifs is 3. The van der Waals surface area contributed by atoms with E-state index in [2.05, 4.69) is 50.2 Å². The van der Waals surface area contributed by atoms with Gasteiger partial charge in [-0.15, -0.1) is 0 Å². The second-order valence-corrected chi connectivity index (χ2v) is 6.84. The molecule has 0 spiro atoms. The van der Waals surface area contributed by atoms with Crippen LogP contribution < -0.4 is 0 Å². The van der Waals surface area contributed by atoms with Crippen LogP contribution in [0, 0.1) is 0 Å². The van der Waals surface area contributed by atoms with Crippen LogP contribution in [0.5, 0.6) is 0 Å². The van der Waals surface area contributed by atoms with Gasteiger partial charge in [0.1, 0.15) is 6.33 Å². The molecule has 3 aromatic rings. The Labute approximate surface area is 141 Å². The fraction of sp³-hybridized carbons (Fsp3) is 0.300. The van der Waals surface area contributed by atoms with E-state index in [1.165, 1.54) is 53.7 Å². The maximum absolute atomic E-state index is 4.07. The fourth-order valence-electron chi connectivity index (χ4n) is 4.16. The van der Waals surface area contributed by atoms with Crippen LogP contribution in [0.1, 0.15) is 41.1 Å². The molecule has 0 aliphatic carbocycles. The molecule has 6 rings (SSSR count). The summed E-state index contributed by atoms with van der Waals surface area (Å²) >= 11 is 0. The maximum Gasteiger partial charge on any atom is 0.115 e. The molecular formula is C20H20N4. The standard InChI is InChI=1S/C20H20N4/c1-2-15(5-4-14-10-21-13-22-11-14)19-17(3-1)18-12-24-8-6-16(7-9-24)20(18)23-19/h1-5,10-11,13,16,23H,6-9,12H2. The minimum absolute atomic E-state index is 0.700. The van der Waals surface area contributed by atoms with Gasteiger partial charge in [-0.25, -0.2) is 9.97 Å².